The summed E-state index contributed by atoms with van der Waals surface area (Å²) in [6.45, 7) is 1.84. The lowest BCUT2D eigenvalue weighted by molar-refractivity contribution is -0.144. The van der Waals surface area contributed by atoms with E-state index in [1.54, 1.807) is 6.92 Å². The van der Waals surface area contributed by atoms with Crippen LogP contribution in [0.15, 0.2) is 0 Å². The molecule has 0 saturated heterocycles. The van der Waals surface area contributed by atoms with Gasteiger partial charge in [-0.15, -0.1) is 0 Å². The van der Waals surface area contributed by atoms with Crippen molar-refractivity contribution in [2.45, 2.75) is 57.0 Å². The Labute approximate surface area is 123 Å². The maximum absolute atomic E-state index is 12.4. The van der Waals surface area contributed by atoms with E-state index in [1.807, 2.05) is 0 Å². The van der Waals surface area contributed by atoms with E-state index in [4.69, 9.17) is 4.74 Å². The summed E-state index contributed by atoms with van der Waals surface area (Å²) in [5.41, 5.74) is -1.18. The van der Waals surface area contributed by atoms with Gasteiger partial charge in [0.05, 0.1) is 6.61 Å². The van der Waals surface area contributed by atoms with E-state index < -0.39 is 23.5 Å². The maximum Gasteiger partial charge on any atom is 0.329 e. The predicted octanol–water partition coefficient (Wildman–Crippen LogP) is 1.12. The van der Waals surface area contributed by atoms with Crippen LogP contribution in [0.5, 0.6) is 0 Å². The minimum atomic E-state index is -1.18. The highest BCUT2D eigenvalue weighted by Crippen LogP contribution is 2.32. The minimum absolute atomic E-state index is 0.0154. The summed E-state index contributed by atoms with van der Waals surface area (Å²) >= 11 is 0. The number of urea groups is 1. The second-order valence-electron chi connectivity index (χ2n) is 5.69. The lowest BCUT2D eigenvalue weighted by Crippen LogP contribution is -2.57. The van der Waals surface area contributed by atoms with E-state index in [0.717, 1.165) is 25.7 Å². The number of esters is 1. The molecular formula is C14H22N2O5. The zero-order valence-corrected chi connectivity index (χ0v) is 12.3. The van der Waals surface area contributed by atoms with Crippen LogP contribution in [0.3, 0.4) is 0 Å². The fourth-order valence-corrected chi connectivity index (χ4v) is 2.75. The van der Waals surface area contributed by atoms with Gasteiger partial charge in [-0.1, -0.05) is 12.8 Å². The lowest BCUT2D eigenvalue weighted by Gasteiger charge is -2.30. The van der Waals surface area contributed by atoms with E-state index in [0.29, 0.717) is 12.8 Å². The molecule has 2 N–H and O–H groups in total. The van der Waals surface area contributed by atoms with Crippen molar-refractivity contribution in [2.24, 2.45) is 0 Å². The zero-order valence-electron chi connectivity index (χ0n) is 12.3. The highest BCUT2D eigenvalue weighted by molar-refractivity contribution is 5.88. The van der Waals surface area contributed by atoms with Crippen LogP contribution < -0.4 is 5.32 Å². The molecule has 2 aliphatic rings. The molecule has 7 nitrogen and oxygen atoms in total. The molecule has 0 radical (unpaired) electrons. The summed E-state index contributed by atoms with van der Waals surface area (Å²) in [7, 11) is 0. The number of hydrogen-bond acceptors (Lipinski definition) is 4. The molecule has 0 heterocycles. The highest BCUT2D eigenvalue weighted by Gasteiger charge is 2.45. The van der Waals surface area contributed by atoms with Crippen molar-refractivity contribution in [3.63, 3.8) is 0 Å². The Bertz CT molecular complexity index is 427. The Hall–Kier alpha value is -1.79. The predicted molar refractivity (Wildman–Crippen MR) is 73.7 cm³/mol. The second-order valence-corrected chi connectivity index (χ2v) is 5.69. The monoisotopic (exact) mass is 298 g/mol. The first kappa shape index (κ1) is 15.6. The second kappa shape index (κ2) is 6.32. The molecule has 21 heavy (non-hydrogen) atoms. The fourth-order valence-electron chi connectivity index (χ4n) is 2.75. The van der Waals surface area contributed by atoms with Gasteiger partial charge in [0.15, 0.2) is 0 Å². The molecule has 2 amide bonds. The molecule has 2 aliphatic carbocycles. The summed E-state index contributed by atoms with van der Waals surface area (Å²) in [6, 6.07) is -0.462. The van der Waals surface area contributed by atoms with E-state index in [2.05, 4.69) is 5.32 Å². The van der Waals surface area contributed by atoms with Gasteiger partial charge in [0.25, 0.3) is 0 Å². The third-order valence-electron chi connectivity index (χ3n) is 4.07. The molecule has 0 aromatic heterocycles. The average Bonchev–Trinajstić information content (AvgIpc) is 3.15. The fraction of sp³-hybridized carbons (Fsp3) is 0.786. The normalized spacial score (nSPS) is 19.9. The van der Waals surface area contributed by atoms with Gasteiger partial charge in [0.1, 0.15) is 12.1 Å². The first-order chi connectivity index (χ1) is 9.98. The quantitative estimate of drug-likeness (QED) is 0.716. The lowest BCUT2D eigenvalue weighted by atomic mass is 9.98. The summed E-state index contributed by atoms with van der Waals surface area (Å²) in [5.74, 6) is -1.46. The molecule has 7 heteroatoms. The Kier molecular flexibility index (Phi) is 4.69. The molecule has 0 bridgehead atoms. The third kappa shape index (κ3) is 3.65. The number of amides is 2. The van der Waals surface area contributed by atoms with Gasteiger partial charge in [-0.05, 0) is 32.6 Å². The molecule has 0 aliphatic heterocycles. The third-order valence-corrected chi connectivity index (χ3v) is 4.07. The minimum Gasteiger partial charge on any atom is -0.480 e. The smallest absolute Gasteiger partial charge is 0.329 e. The first-order valence-corrected chi connectivity index (χ1v) is 7.46. The van der Waals surface area contributed by atoms with Gasteiger partial charge in [-0.25, -0.2) is 9.59 Å². The van der Waals surface area contributed by atoms with Crippen molar-refractivity contribution < 1.29 is 24.2 Å². The van der Waals surface area contributed by atoms with Crippen LogP contribution in [0, 0.1) is 0 Å². The number of ether oxygens (including phenoxy) is 1. The molecular weight excluding hydrogens is 276 g/mol. The van der Waals surface area contributed by atoms with Gasteiger partial charge >= 0.3 is 18.0 Å². The van der Waals surface area contributed by atoms with E-state index in [-0.39, 0.29) is 19.2 Å². The summed E-state index contributed by atoms with van der Waals surface area (Å²) < 4.78 is 4.87. The number of nitrogens with zero attached hydrogens (tertiary/aromatic N) is 1. The van der Waals surface area contributed by atoms with Crippen LogP contribution >= 0.6 is 0 Å². The van der Waals surface area contributed by atoms with Crippen molar-refractivity contribution in [3.8, 4) is 0 Å². The van der Waals surface area contributed by atoms with Crippen molar-refractivity contribution >= 4 is 18.0 Å². The van der Waals surface area contributed by atoms with Crippen LogP contribution in [0.4, 0.5) is 4.79 Å². The van der Waals surface area contributed by atoms with Gasteiger partial charge < -0.3 is 20.1 Å². The maximum atomic E-state index is 12.4. The van der Waals surface area contributed by atoms with Gasteiger partial charge in [-0.3, -0.25) is 4.79 Å². The molecule has 0 spiro atoms. The highest BCUT2D eigenvalue weighted by atomic mass is 16.5. The molecule has 2 rings (SSSR count). The van der Waals surface area contributed by atoms with Crippen LogP contribution in [0.2, 0.25) is 0 Å². The van der Waals surface area contributed by atoms with E-state index in [1.165, 1.54) is 4.90 Å². The number of nitrogens with one attached hydrogen (secondary N) is 1. The average molecular weight is 298 g/mol. The van der Waals surface area contributed by atoms with Gasteiger partial charge in [0.2, 0.25) is 0 Å². The SMILES string of the molecule is CCOC(=O)CN(C(=O)NC1(C(=O)O)CCCC1)C1CC1. The molecule has 0 aromatic carbocycles. The number of carboxylic acids is 1. The Balaban J connectivity index is 2.01. The topological polar surface area (TPSA) is 95.9 Å². The molecule has 2 fully saturated rings. The number of hydrogen-bond donors (Lipinski definition) is 2. The molecule has 0 unspecified atom stereocenters. The number of aliphatic carboxylic acids is 1. The number of carbonyl (C=O) groups is 3. The van der Waals surface area contributed by atoms with Crippen LogP contribution in [-0.2, 0) is 14.3 Å². The number of carboxylic acid groups (broad SMARTS) is 1. The Morgan fingerprint density at radius 3 is 2.38 bits per heavy atom. The van der Waals surface area contributed by atoms with Gasteiger partial charge in [-0.2, -0.15) is 0 Å². The van der Waals surface area contributed by atoms with Crippen molar-refractivity contribution in [2.75, 3.05) is 13.2 Å². The standard InChI is InChI=1S/C14H22N2O5/c1-2-21-11(17)9-16(10-5-6-10)13(20)15-14(12(18)19)7-3-4-8-14/h10H,2-9H2,1H3,(H,15,20)(H,18,19). The van der Waals surface area contributed by atoms with Crippen molar-refractivity contribution in [3.05, 3.63) is 0 Å². The number of carbonyl (C=O) groups excluding carboxylic acids is 2. The van der Waals surface area contributed by atoms with Crippen LogP contribution in [-0.4, -0.2) is 52.7 Å². The number of rotatable bonds is 6. The van der Waals surface area contributed by atoms with Crippen molar-refractivity contribution in [1.29, 1.82) is 0 Å². The Morgan fingerprint density at radius 1 is 1.29 bits per heavy atom. The summed E-state index contributed by atoms with van der Waals surface area (Å²) in [5, 5.41) is 12.0. The molecule has 118 valence electrons. The largest absolute Gasteiger partial charge is 0.480 e. The first-order valence-electron chi connectivity index (χ1n) is 7.46. The van der Waals surface area contributed by atoms with Crippen molar-refractivity contribution in [1.82, 2.24) is 10.2 Å². The summed E-state index contributed by atoms with van der Waals surface area (Å²) in [4.78, 5) is 36.8. The van der Waals surface area contributed by atoms with Crippen LogP contribution in [0.1, 0.15) is 45.4 Å². The Morgan fingerprint density at radius 2 is 1.90 bits per heavy atom. The summed E-state index contributed by atoms with van der Waals surface area (Å²) in [6.07, 6.45) is 4.12. The molecule has 0 atom stereocenters. The zero-order chi connectivity index (χ0) is 15.5. The van der Waals surface area contributed by atoms with E-state index >= 15 is 0 Å². The molecule has 2 saturated carbocycles. The molecule has 0 aromatic rings. The van der Waals surface area contributed by atoms with Crippen LogP contribution in [0.25, 0.3) is 0 Å². The van der Waals surface area contributed by atoms with E-state index in [9.17, 15) is 19.5 Å². The van der Waals surface area contributed by atoms with Gasteiger partial charge in [0, 0.05) is 6.04 Å².